The molecule has 31 heavy (non-hydrogen) atoms. The fourth-order valence-electron chi connectivity index (χ4n) is 5.02. The van der Waals surface area contributed by atoms with Gasteiger partial charge in [0, 0.05) is 24.4 Å². The number of pyridine rings is 1. The Bertz CT molecular complexity index is 1250. The number of hydrogen-bond donors (Lipinski definition) is 1. The first-order chi connectivity index (χ1) is 14.4. The lowest BCUT2D eigenvalue weighted by atomic mass is 9.93. The van der Waals surface area contributed by atoms with E-state index < -0.39 is 0 Å². The second-order valence-corrected chi connectivity index (χ2v) is 8.53. The summed E-state index contributed by atoms with van der Waals surface area (Å²) in [7, 11) is 0. The molecule has 0 radical (unpaired) electrons. The van der Waals surface area contributed by atoms with E-state index in [1.165, 1.54) is 27.9 Å². The van der Waals surface area contributed by atoms with Crippen LogP contribution < -0.4 is 5.32 Å². The molecule has 1 N–H and O–H groups in total. The van der Waals surface area contributed by atoms with Gasteiger partial charge in [0.15, 0.2) is 5.65 Å². The molecule has 160 valence electrons. The summed E-state index contributed by atoms with van der Waals surface area (Å²) in [6.45, 7) is 11.6. The summed E-state index contributed by atoms with van der Waals surface area (Å²) in [5.41, 5.74) is 12.7. The maximum atomic E-state index is 5.01. The SMILES string of the molecule is Cc1cc(C)c(-c2c(C)nn3c4c(c(C)nc23)NCC4Cc2ccccn2)c(C)c1.Cl. The van der Waals surface area contributed by atoms with Crippen molar-refractivity contribution in [2.45, 2.75) is 47.0 Å². The van der Waals surface area contributed by atoms with Crippen LogP contribution in [-0.4, -0.2) is 26.1 Å². The van der Waals surface area contributed by atoms with Gasteiger partial charge in [-0.3, -0.25) is 4.98 Å². The van der Waals surface area contributed by atoms with Gasteiger partial charge in [-0.25, -0.2) is 9.50 Å². The predicted molar refractivity (Wildman–Crippen MR) is 129 cm³/mol. The van der Waals surface area contributed by atoms with E-state index >= 15 is 0 Å². The van der Waals surface area contributed by atoms with Crippen molar-refractivity contribution in [3.05, 3.63) is 76.0 Å². The molecule has 5 nitrogen and oxygen atoms in total. The molecule has 0 bridgehead atoms. The van der Waals surface area contributed by atoms with E-state index in [1.807, 2.05) is 12.3 Å². The number of benzene rings is 1. The molecule has 1 aliphatic rings. The Morgan fingerprint density at radius 1 is 1.00 bits per heavy atom. The van der Waals surface area contributed by atoms with Crippen LogP contribution in [0.15, 0.2) is 36.5 Å². The molecule has 0 amide bonds. The molecule has 4 aromatic rings. The molecule has 0 saturated heterocycles. The maximum Gasteiger partial charge on any atom is 0.163 e. The molecule has 1 unspecified atom stereocenters. The van der Waals surface area contributed by atoms with Crippen LogP contribution in [0.25, 0.3) is 16.8 Å². The van der Waals surface area contributed by atoms with E-state index in [-0.39, 0.29) is 12.4 Å². The monoisotopic (exact) mass is 433 g/mol. The van der Waals surface area contributed by atoms with E-state index in [4.69, 9.17) is 10.1 Å². The highest BCUT2D eigenvalue weighted by molar-refractivity contribution is 5.86. The number of hydrogen-bond acceptors (Lipinski definition) is 4. The van der Waals surface area contributed by atoms with Gasteiger partial charge in [-0.2, -0.15) is 5.10 Å². The third kappa shape index (κ3) is 3.47. The summed E-state index contributed by atoms with van der Waals surface area (Å²) in [6, 6.07) is 10.6. The van der Waals surface area contributed by atoms with Crippen LogP contribution in [0.4, 0.5) is 5.69 Å². The number of aromatic nitrogens is 4. The molecule has 1 aromatic carbocycles. The van der Waals surface area contributed by atoms with Crippen molar-refractivity contribution in [3.63, 3.8) is 0 Å². The van der Waals surface area contributed by atoms with Crippen molar-refractivity contribution < 1.29 is 0 Å². The van der Waals surface area contributed by atoms with E-state index in [0.717, 1.165) is 46.9 Å². The second-order valence-electron chi connectivity index (χ2n) is 8.53. The van der Waals surface area contributed by atoms with Gasteiger partial charge in [0.05, 0.1) is 28.3 Å². The molecule has 1 atom stereocenters. The molecule has 0 spiro atoms. The van der Waals surface area contributed by atoms with Gasteiger partial charge in [-0.1, -0.05) is 23.8 Å². The summed E-state index contributed by atoms with van der Waals surface area (Å²) in [6.07, 6.45) is 2.75. The maximum absolute atomic E-state index is 5.01. The molecule has 0 saturated carbocycles. The number of fused-ring (bicyclic) bond motifs is 3. The topological polar surface area (TPSA) is 55.1 Å². The summed E-state index contributed by atoms with van der Waals surface area (Å²) in [5, 5.41) is 8.57. The van der Waals surface area contributed by atoms with Gasteiger partial charge in [-0.15, -0.1) is 12.4 Å². The van der Waals surface area contributed by atoms with Crippen LogP contribution in [0.2, 0.25) is 0 Å². The van der Waals surface area contributed by atoms with Crippen molar-refractivity contribution in [1.29, 1.82) is 0 Å². The first-order valence-corrected chi connectivity index (χ1v) is 10.6. The standard InChI is InChI=1S/C25H27N5.ClH/c1-14-10-15(2)21(16(3)11-14)22-17(4)29-30-24-19(12-20-8-6-7-9-26-20)13-27-23(24)18(5)28-25(22)30;/h6-11,19,27H,12-13H2,1-5H3;1H. The Labute approximate surface area is 189 Å². The molecule has 0 aliphatic carbocycles. The minimum absolute atomic E-state index is 0. The average molecular weight is 434 g/mol. The Morgan fingerprint density at radius 2 is 1.74 bits per heavy atom. The first-order valence-electron chi connectivity index (χ1n) is 10.6. The fraction of sp³-hybridized carbons (Fsp3) is 0.320. The van der Waals surface area contributed by atoms with Crippen LogP contribution in [0, 0.1) is 34.6 Å². The van der Waals surface area contributed by atoms with Gasteiger partial charge in [-0.05, 0) is 69.9 Å². The number of aryl methyl sites for hydroxylation is 5. The summed E-state index contributed by atoms with van der Waals surface area (Å²) in [4.78, 5) is 9.56. The smallest absolute Gasteiger partial charge is 0.163 e. The quantitative estimate of drug-likeness (QED) is 0.463. The average Bonchev–Trinajstić information content (AvgIpc) is 3.24. The minimum Gasteiger partial charge on any atom is -0.381 e. The van der Waals surface area contributed by atoms with Crippen LogP contribution in [0.1, 0.15) is 45.4 Å². The summed E-state index contributed by atoms with van der Waals surface area (Å²) >= 11 is 0. The highest BCUT2D eigenvalue weighted by Crippen LogP contribution is 2.40. The zero-order chi connectivity index (χ0) is 21.0. The lowest BCUT2D eigenvalue weighted by Gasteiger charge is -2.14. The van der Waals surface area contributed by atoms with E-state index in [1.54, 1.807) is 0 Å². The van der Waals surface area contributed by atoms with E-state index in [0.29, 0.717) is 5.92 Å². The van der Waals surface area contributed by atoms with Crippen LogP contribution in [0.3, 0.4) is 0 Å². The highest BCUT2D eigenvalue weighted by atomic mass is 35.5. The van der Waals surface area contributed by atoms with Crippen LogP contribution in [0.5, 0.6) is 0 Å². The van der Waals surface area contributed by atoms with E-state index in [2.05, 4.69) is 73.7 Å². The van der Waals surface area contributed by atoms with Crippen molar-refractivity contribution in [1.82, 2.24) is 19.6 Å². The van der Waals surface area contributed by atoms with E-state index in [9.17, 15) is 0 Å². The van der Waals surface area contributed by atoms with Gasteiger partial charge in [0.25, 0.3) is 0 Å². The number of anilines is 1. The fourth-order valence-corrected chi connectivity index (χ4v) is 5.02. The minimum atomic E-state index is 0. The largest absolute Gasteiger partial charge is 0.381 e. The molecule has 5 rings (SSSR count). The Hall–Kier alpha value is -2.92. The van der Waals surface area contributed by atoms with Crippen molar-refractivity contribution in [2.24, 2.45) is 0 Å². The lowest BCUT2D eigenvalue weighted by molar-refractivity contribution is 0.682. The van der Waals surface area contributed by atoms with Gasteiger partial charge >= 0.3 is 0 Å². The molecule has 1 aliphatic heterocycles. The Kier molecular flexibility index (Phi) is 5.48. The third-order valence-electron chi connectivity index (χ3n) is 6.18. The van der Waals surface area contributed by atoms with Gasteiger partial charge in [0.1, 0.15) is 0 Å². The molecule has 3 aromatic heterocycles. The Morgan fingerprint density at radius 3 is 2.42 bits per heavy atom. The Balaban J connectivity index is 0.00000231. The van der Waals surface area contributed by atoms with Gasteiger partial charge in [0.2, 0.25) is 0 Å². The zero-order valence-electron chi connectivity index (χ0n) is 18.7. The number of rotatable bonds is 3. The lowest BCUT2D eigenvalue weighted by Crippen LogP contribution is -2.10. The molecule has 6 heteroatoms. The number of halogens is 1. The van der Waals surface area contributed by atoms with Crippen molar-refractivity contribution >= 4 is 23.7 Å². The second kappa shape index (κ2) is 7.97. The highest BCUT2D eigenvalue weighted by Gasteiger charge is 2.30. The first kappa shape index (κ1) is 21.3. The summed E-state index contributed by atoms with van der Waals surface area (Å²) < 4.78 is 2.08. The zero-order valence-corrected chi connectivity index (χ0v) is 19.5. The van der Waals surface area contributed by atoms with Crippen molar-refractivity contribution in [2.75, 3.05) is 11.9 Å². The third-order valence-corrected chi connectivity index (χ3v) is 6.18. The van der Waals surface area contributed by atoms with Crippen LogP contribution >= 0.6 is 12.4 Å². The molecule has 0 fully saturated rings. The molecule has 4 heterocycles. The number of nitrogens with zero attached hydrogens (tertiary/aromatic N) is 4. The summed E-state index contributed by atoms with van der Waals surface area (Å²) in [5.74, 6) is 0.312. The molecular formula is C25H28ClN5. The van der Waals surface area contributed by atoms with Crippen molar-refractivity contribution in [3.8, 4) is 11.1 Å². The number of nitrogens with one attached hydrogen (secondary N) is 1. The normalized spacial score (nSPS) is 14.9. The molecular weight excluding hydrogens is 406 g/mol. The van der Waals surface area contributed by atoms with Gasteiger partial charge < -0.3 is 5.32 Å². The van der Waals surface area contributed by atoms with Crippen LogP contribution in [-0.2, 0) is 6.42 Å². The predicted octanol–water partition coefficient (Wildman–Crippen LogP) is 5.51.